The molecule has 0 radical (unpaired) electrons. The molecule has 5 heteroatoms. The molecule has 2 rings (SSSR count). The minimum atomic E-state index is -0.544. The van der Waals surface area contributed by atoms with Crippen molar-refractivity contribution < 1.29 is 14.3 Å². The number of amides is 2. The van der Waals surface area contributed by atoms with Gasteiger partial charge >= 0.3 is 0 Å². The number of nitrogens with zero attached hydrogens (tertiary/aromatic N) is 1. The zero-order valence-corrected chi connectivity index (χ0v) is 19.5. The van der Waals surface area contributed by atoms with Crippen LogP contribution in [0.1, 0.15) is 50.8 Å². The second-order valence-corrected chi connectivity index (χ2v) is 8.36. The molecule has 0 fully saturated rings. The Morgan fingerprint density at radius 2 is 1.74 bits per heavy atom. The first-order chi connectivity index (χ1) is 14.8. The summed E-state index contributed by atoms with van der Waals surface area (Å²) in [5, 5.41) is 2.98. The van der Waals surface area contributed by atoms with Gasteiger partial charge < -0.3 is 15.0 Å². The maximum absolute atomic E-state index is 13.2. The van der Waals surface area contributed by atoms with Crippen LogP contribution in [0.5, 0.6) is 5.75 Å². The van der Waals surface area contributed by atoms with Gasteiger partial charge in [-0.1, -0.05) is 69.7 Å². The van der Waals surface area contributed by atoms with E-state index < -0.39 is 6.04 Å². The van der Waals surface area contributed by atoms with Gasteiger partial charge in [-0.25, -0.2) is 0 Å². The molecule has 0 aromatic heterocycles. The van der Waals surface area contributed by atoms with Crippen LogP contribution < -0.4 is 10.1 Å². The third-order valence-electron chi connectivity index (χ3n) is 5.20. The van der Waals surface area contributed by atoms with Crippen molar-refractivity contribution in [2.45, 2.75) is 60.0 Å². The lowest BCUT2D eigenvalue weighted by Crippen LogP contribution is -2.50. The number of nitrogens with one attached hydrogen (secondary N) is 1. The topological polar surface area (TPSA) is 58.6 Å². The molecule has 0 saturated heterocycles. The van der Waals surface area contributed by atoms with E-state index in [1.807, 2.05) is 62.4 Å². The van der Waals surface area contributed by atoms with Crippen LogP contribution >= 0.6 is 0 Å². The van der Waals surface area contributed by atoms with Crippen molar-refractivity contribution in [3.63, 3.8) is 0 Å². The van der Waals surface area contributed by atoms with Crippen LogP contribution in [-0.2, 0) is 22.6 Å². The van der Waals surface area contributed by atoms with Crippen LogP contribution in [0.25, 0.3) is 0 Å². The molecule has 0 spiro atoms. The van der Waals surface area contributed by atoms with Crippen LogP contribution in [0.3, 0.4) is 0 Å². The first kappa shape index (κ1) is 24.4. The average Bonchev–Trinajstić information content (AvgIpc) is 2.76. The van der Waals surface area contributed by atoms with Gasteiger partial charge in [0, 0.05) is 13.1 Å². The van der Waals surface area contributed by atoms with E-state index >= 15 is 0 Å². The number of aryl methyl sites for hydroxylation is 2. The van der Waals surface area contributed by atoms with E-state index in [9.17, 15) is 9.59 Å². The highest BCUT2D eigenvalue weighted by Crippen LogP contribution is 2.16. The van der Waals surface area contributed by atoms with Crippen LogP contribution in [0, 0.1) is 12.8 Å². The van der Waals surface area contributed by atoms with Gasteiger partial charge in [0.1, 0.15) is 11.8 Å². The number of carbonyl (C=O) groups excluding carboxylic acids is 2. The summed E-state index contributed by atoms with van der Waals surface area (Å²) in [6.07, 6.45) is 1.49. The quantitative estimate of drug-likeness (QED) is 0.577. The first-order valence-corrected chi connectivity index (χ1v) is 11.2. The fourth-order valence-corrected chi connectivity index (χ4v) is 3.40. The summed E-state index contributed by atoms with van der Waals surface area (Å²) in [4.78, 5) is 27.7. The summed E-state index contributed by atoms with van der Waals surface area (Å²) in [5.41, 5.74) is 3.33. The summed E-state index contributed by atoms with van der Waals surface area (Å²) in [6.45, 7) is 11.0. The molecule has 31 heavy (non-hydrogen) atoms. The zero-order valence-electron chi connectivity index (χ0n) is 19.5. The van der Waals surface area contributed by atoms with Crippen molar-refractivity contribution in [3.8, 4) is 5.75 Å². The molecule has 1 N–H and O–H groups in total. The van der Waals surface area contributed by atoms with Gasteiger partial charge in [-0.3, -0.25) is 9.59 Å². The smallest absolute Gasteiger partial charge is 0.261 e. The van der Waals surface area contributed by atoms with Crippen LogP contribution in [0.2, 0.25) is 0 Å². The number of hydrogen-bond acceptors (Lipinski definition) is 3. The lowest BCUT2D eigenvalue weighted by atomic mass is 10.1. The van der Waals surface area contributed by atoms with Gasteiger partial charge in [-0.15, -0.1) is 0 Å². The summed E-state index contributed by atoms with van der Waals surface area (Å²) >= 11 is 0. The van der Waals surface area contributed by atoms with E-state index in [0.29, 0.717) is 31.2 Å². The third-order valence-corrected chi connectivity index (χ3v) is 5.20. The van der Waals surface area contributed by atoms with E-state index in [4.69, 9.17) is 4.74 Å². The number of benzene rings is 2. The Hall–Kier alpha value is -2.82. The predicted molar refractivity (Wildman–Crippen MR) is 125 cm³/mol. The van der Waals surface area contributed by atoms with Gasteiger partial charge in [0.15, 0.2) is 6.61 Å². The summed E-state index contributed by atoms with van der Waals surface area (Å²) in [5.74, 6) is 0.673. The fourth-order valence-electron chi connectivity index (χ4n) is 3.40. The number of rotatable bonds is 11. The van der Waals surface area contributed by atoms with Crippen LogP contribution in [-0.4, -0.2) is 35.9 Å². The van der Waals surface area contributed by atoms with Crippen LogP contribution in [0.15, 0.2) is 48.5 Å². The maximum Gasteiger partial charge on any atom is 0.261 e. The molecular formula is C26H36N2O3. The average molecular weight is 425 g/mol. The standard InChI is InChI=1S/C26H36N2O3/c1-6-21-11-13-23(14-12-21)31-18-25(29)28(17-22-10-8-9-20(5)15-22)24(7-2)26(30)27-16-19(3)4/h8-15,19,24H,6-7,16-18H2,1-5H3,(H,27,30)/t24-/m0/s1. The summed E-state index contributed by atoms with van der Waals surface area (Å²) < 4.78 is 5.76. The molecule has 0 saturated carbocycles. The van der Waals surface area contributed by atoms with Crippen molar-refractivity contribution in [2.24, 2.45) is 5.92 Å². The molecule has 5 nitrogen and oxygen atoms in total. The molecule has 0 aliphatic rings. The number of ether oxygens (including phenoxy) is 1. The number of hydrogen-bond donors (Lipinski definition) is 1. The maximum atomic E-state index is 13.2. The zero-order chi connectivity index (χ0) is 22.8. The summed E-state index contributed by atoms with van der Waals surface area (Å²) in [6, 6.07) is 15.2. The predicted octanol–water partition coefficient (Wildman–Crippen LogP) is 4.52. The Kier molecular flexibility index (Phi) is 9.57. The van der Waals surface area contributed by atoms with Gasteiger partial charge in [-0.2, -0.15) is 0 Å². The lowest BCUT2D eigenvalue weighted by molar-refractivity contribution is -0.143. The highest BCUT2D eigenvalue weighted by molar-refractivity contribution is 5.88. The fraction of sp³-hybridized carbons (Fsp3) is 0.462. The molecule has 0 aliphatic carbocycles. The second kappa shape index (κ2) is 12.1. The van der Waals surface area contributed by atoms with Gasteiger partial charge in [0.2, 0.25) is 5.91 Å². The SMILES string of the molecule is CCc1ccc(OCC(=O)N(Cc2cccc(C)c2)[C@@H](CC)C(=O)NCC(C)C)cc1. The van der Waals surface area contributed by atoms with Crippen molar-refractivity contribution in [3.05, 3.63) is 65.2 Å². The molecule has 0 unspecified atom stereocenters. The third kappa shape index (κ3) is 7.74. The lowest BCUT2D eigenvalue weighted by Gasteiger charge is -2.31. The second-order valence-electron chi connectivity index (χ2n) is 8.36. The highest BCUT2D eigenvalue weighted by atomic mass is 16.5. The van der Waals surface area contributed by atoms with Gasteiger partial charge in [-0.05, 0) is 48.9 Å². The highest BCUT2D eigenvalue weighted by Gasteiger charge is 2.29. The Labute approximate surface area is 186 Å². The molecule has 1 atom stereocenters. The first-order valence-electron chi connectivity index (χ1n) is 11.2. The molecule has 2 aromatic carbocycles. The van der Waals surface area contributed by atoms with E-state index in [2.05, 4.69) is 26.1 Å². The van der Waals surface area contributed by atoms with E-state index in [-0.39, 0.29) is 18.4 Å². The molecule has 2 amide bonds. The molecule has 0 heterocycles. The van der Waals surface area contributed by atoms with E-state index in [1.54, 1.807) is 4.90 Å². The van der Waals surface area contributed by atoms with Crippen molar-refractivity contribution in [1.29, 1.82) is 0 Å². The normalized spacial score (nSPS) is 11.8. The largest absolute Gasteiger partial charge is 0.484 e. The Morgan fingerprint density at radius 3 is 2.32 bits per heavy atom. The molecule has 168 valence electrons. The molecular weight excluding hydrogens is 388 g/mol. The monoisotopic (exact) mass is 424 g/mol. The van der Waals surface area contributed by atoms with Gasteiger partial charge in [0.05, 0.1) is 0 Å². The van der Waals surface area contributed by atoms with Crippen molar-refractivity contribution >= 4 is 11.8 Å². The number of carbonyl (C=O) groups is 2. The van der Waals surface area contributed by atoms with Crippen molar-refractivity contribution in [2.75, 3.05) is 13.2 Å². The van der Waals surface area contributed by atoms with Gasteiger partial charge in [0.25, 0.3) is 5.91 Å². The molecule has 2 aromatic rings. The van der Waals surface area contributed by atoms with Crippen molar-refractivity contribution in [1.82, 2.24) is 10.2 Å². The Morgan fingerprint density at radius 1 is 1.03 bits per heavy atom. The molecule has 0 aliphatic heterocycles. The summed E-state index contributed by atoms with van der Waals surface area (Å²) in [7, 11) is 0. The Balaban J connectivity index is 2.17. The Bertz CT molecular complexity index is 846. The van der Waals surface area contributed by atoms with E-state index in [0.717, 1.165) is 17.5 Å². The minimum Gasteiger partial charge on any atom is -0.484 e. The molecule has 0 bridgehead atoms. The minimum absolute atomic E-state index is 0.106. The van der Waals surface area contributed by atoms with Crippen LogP contribution in [0.4, 0.5) is 0 Å². The van der Waals surface area contributed by atoms with E-state index in [1.165, 1.54) is 5.56 Å².